The van der Waals surface area contributed by atoms with Gasteiger partial charge in [0.05, 0.1) is 0 Å². The van der Waals surface area contributed by atoms with Gasteiger partial charge in [-0.05, 0) is 39.3 Å². The van der Waals surface area contributed by atoms with Crippen LogP contribution in [0.1, 0.15) is 23.5 Å². The number of nitrogens with zero attached hydrogens (tertiary/aromatic N) is 6. The molecule has 0 radical (unpaired) electrons. The first kappa shape index (κ1) is 17.1. The van der Waals surface area contributed by atoms with Gasteiger partial charge < -0.3 is 9.47 Å². The van der Waals surface area contributed by atoms with E-state index in [0.29, 0.717) is 0 Å². The van der Waals surface area contributed by atoms with Gasteiger partial charge in [0.25, 0.3) is 0 Å². The molecule has 25 heavy (non-hydrogen) atoms. The maximum Gasteiger partial charge on any atom is 0.161 e. The highest BCUT2D eigenvalue weighted by Gasteiger charge is 2.13. The van der Waals surface area contributed by atoms with Crippen molar-refractivity contribution >= 4 is 5.82 Å². The summed E-state index contributed by atoms with van der Waals surface area (Å²) < 4.78 is 2.17. The predicted molar refractivity (Wildman–Crippen MR) is 99.6 cm³/mol. The maximum atomic E-state index is 4.80. The van der Waals surface area contributed by atoms with E-state index in [-0.39, 0.29) is 0 Å². The number of pyridine rings is 1. The number of rotatable bonds is 6. The average Bonchev–Trinajstić information content (AvgIpc) is 3.03. The van der Waals surface area contributed by atoms with Crippen LogP contribution in [0.25, 0.3) is 11.4 Å². The smallest absolute Gasteiger partial charge is 0.161 e. The Morgan fingerprint density at radius 3 is 2.48 bits per heavy atom. The third-order valence-electron chi connectivity index (χ3n) is 4.48. The van der Waals surface area contributed by atoms with Gasteiger partial charge >= 0.3 is 0 Å². The van der Waals surface area contributed by atoms with E-state index in [4.69, 9.17) is 4.98 Å². The van der Waals surface area contributed by atoms with E-state index >= 15 is 0 Å². The minimum atomic E-state index is 0.748. The molecule has 3 heterocycles. The molecule has 3 aromatic rings. The Hall–Kier alpha value is -2.76. The van der Waals surface area contributed by atoms with Crippen LogP contribution in [-0.2, 0) is 6.54 Å². The van der Waals surface area contributed by atoms with E-state index in [2.05, 4.69) is 38.4 Å². The van der Waals surface area contributed by atoms with Gasteiger partial charge in [-0.3, -0.25) is 4.98 Å². The highest BCUT2D eigenvalue weighted by atomic mass is 15.2. The first-order valence-electron chi connectivity index (χ1n) is 8.51. The van der Waals surface area contributed by atoms with Crippen molar-refractivity contribution < 1.29 is 0 Å². The molecule has 130 valence electrons. The lowest BCUT2D eigenvalue weighted by Crippen LogP contribution is -2.23. The van der Waals surface area contributed by atoms with E-state index in [9.17, 15) is 0 Å². The van der Waals surface area contributed by atoms with Crippen molar-refractivity contribution in [2.24, 2.45) is 0 Å². The highest BCUT2D eigenvalue weighted by Crippen LogP contribution is 2.23. The van der Waals surface area contributed by atoms with Crippen molar-refractivity contribution in [2.45, 2.75) is 33.7 Å². The molecule has 0 saturated carbocycles. The zero-order chi connectivity index (χ0) is 17.8. The zero-order valence-corrected chi connectivity index (χ0v) is 15.3. The molecule has 0 amide bonds. The molecule has 0 aliphatic rings. The molecular weight excluding hydrogens is 312 g/mol. The van der Waals surface area contributed by atoms with Gasteiger partial charge in [-0.2, -0.15) is 0 Å². The van der Waals surface area contributed by atoms with Crippen LogP contribution in [0.5, 0.6) is 0 Å². The molecular formula is C19H24N6. The van der Waals surface area contributed by atoms with Gasteiger partial charge in [0.1, 0.15) is 11.6 Å². The first-order valence-corrected chi connectivity index (χ1v) is 8.51. The van der Waals surface area contributed by atoms with E-state index in [1.165, 1.54) is 0 Å². The summed E-state index contributed by atoms with van der Waals surface area (Å²) in [5.41, 5.74) is 3.12. The highest BCUT2D eigenvalue weighted by molar-refractivity contribution is 5.59. The molecule has 0 spiro atoms. The Kier molecular flexibility index (Phi) is 5.07. The van der Waals surface area contributed by atoms with Crippen LogP contribution < -0.4 is 4.90 Å². The van der Waals surface area contributed by atoms with Crippen LogP contribution in [0.4, 0.5) is 5.82 Å². The molecule has 0 saturated heterocycles. The number of aromatic nitrogens is 5. The van der Waals surface area contributed by atoms with Crippen LogP contribution in [-0.4, -0.2) is 38.1 Å². The van der Waals surface area contributed by atoms with E-state index in [1.807, 2.05) is 38.4 Å². The van der Waals surface area contributed by atoms with Gasteiger partial charge in [0.2, 0.25) is 0 Å². The monoisotopic (exact) mass is 336 g/mol. The lowest BCUT2D eigenvalue weighted by molar-refractivity contribution is 0.620. The Bertz CT molecular complexity index is 840. The van der Waals surface area contributed by atoms with Crippen LogP contribution >= 0.6 is 0 Å². The lowest BCUT2D eigenvalue weighted by atomic mass is 10.2. The predicted octanol–water partition coefficient (Wildman–Crippen LogP) is 3.19. The van der Waals surface area contributed by atoms with Crippen molar-refractivity contribution in [3.63, 3.8) is 0 Å². The molecule has 3 rings (SSSR count). The van der Waals surface area contributed by atoms with E-state index < -0.39 is 0 Å². The molecule has 0 bridgehead atoms. The summed E-state index contributed by atoms with van der Waals surface area (Å²) in [6.45, 7) is 8.02. The summed E-state index contributed by atoms with van der Waals surface area (Å²) in [5.74, 6) is 2.79. The Morgan fingerprint density at radius 2 is 1.80 bits per heavy atom. The summed E-state index contributed by atoms with van der Waals surface area (Å²) in [5, 5.41) is 0. The molecule has 6 nitrogen and oxygen atoms in total. The number of anilines is 1. The van der Waals surface area contributed by atoms with Gasteiger partial charge in [0.15, 0.2) is 5.82 Å². The Labute approximate surface area is 148 Å². The topological polar surface area (TPSA) is 59.7 Å². The quantitative estimate of drug-likeness (QED) is 0.692. The molecule has 3 aromatic heterocycles. The normalized spacial score (nSPS) is 10.9. The minimum Gasteiger partial charge on any atom is -0.359 e. The van der Waals surface area contributed by atoms with Crippen LogP contribution in [0, 0.1) is 20.8 Å². The van der Waals surface area contributed by atoms with Gasteiger partial charge in [-0.1, -0.05) is 0 Å². The second-order valence-electron chi connectivity index (χ2n) is 6.26. The van der Waals surface area contributed by atoms with Crippen molar-refractivity contribution in [3.05, 3.63) is 54.0 Å². The number of aryl methyl sites for hydroxylation is 3. The second kappa shape index (κ2) is 7.42. The van der Waals surface area contributed by atoms with E-state index in [0.717, 1.165) is 53.8 Å². The van der Waals surface area contributed by atoms with Crippen molar-refractivity contribution in [2.75, 3.05) is 18.5 Å². The SMILES string of the molecule is Cc1nc(-c2ccncc2)nc(N(C)CCCn2ccnc2C)c1C. The van der Waals surface area contributed by atoms with Crippen molar-refractivity contribution in [1.29, 1.82) is 0 Å². The van der Waals surface area contributed by atoms with Gasteiger partial charge in [0, 0.05) is 61.7 Å². The summed E-state index contributed by atoms with van der Waals surface area (Å²) in [6.07, 6.45) is 8.44. The second-order valence-corrected chi connectivity index (χ2v) is 6.26. The van der Waals surface area contributed by atoms with Gasteiger partial charge in [-0.15, -0.1) is 0 Å². The van der Waals surface area contributed by atoms with E-state index in [1.54, 1.807) is 12.4 Å². The third kappa shape index (κ3) is 3.84. The Morgan fingerprint density at radius 1 is 1.04 bits per heavy atom. The summed E-state index contributed by atoms with van der Waals surface area (Å²) >= 11 is 0. The van der Waals surface area contributed by atoms with Crippen molar-refractivity contribution in [1.82, 2.24) is 24.5 Å². The molecule has 0 N–H and O–H groups in total. The first-order chi connectivity index (χ1) is 12.1. The molecule has 6 heteroatoms. The number of imidazole rings is 1. The largest absolute Gasteiger partial charge is 0.359 e. The van der Waals surface area contributed by atoms with Crippen LogP contribution in [0.2, 0.25) is 0 Å². The number of hydrogen-bond donors (Lipinski definition) is 0. The summed E-state index contributed by atoms with van der Waals surface area (Å²) in [7, 11) is 2.09. The van der Waals surface area contributed by atoms with Crippen molar-refractivity contribution in [3.8, 4) is 11.4 Å². The fourth-order valence-corrected chi connectivity index (χ4v) is 2.84. The fraction of sp³-hybridized carbons (Fsp3) is 0.368. The lowest BCUT2D eigenvalue weighted by Gasteiger charge is -2.22. The van der Waals surface area contributed by atoms with Crippen LogP contribution in [0.15, 0.2) is 36.9 Å². The maximum absolute atomic E-state index is 4.80. The Balaban J connectivity index is 1.76. The molecule has 0 aliphatic carbocycles. The molecule has 0 aromatic carbocycles. The third-order valence-corrected chi connectivity index (χ3v) is 4.48. The fourth-order valence-electron chi connectivity index (χ4n) is 2.84. The summed E-state index contributed by atoms with van der Waals surface area (Å²) in [4.78, 5) is 20.0. The van der Waals surface area contributed by atoms with Gasteiger partial charge in [-0.25, -0.2) is 15.0 Å². The average molecular weight is 336 g/mol. The minimum absolute atomic E-state index is 0.748. The van der Waals surface area contributed by atoms with Crippen LogP contribution in [0.3, 0.4) is 0 Å². The number of hydrogen-bond acceptors (Lipinski definition) is 5. The molecule has 0 unspecified atom stereocenters. The zero-order valence-electron chi connectivity index (χ0n) is 15.3. The molecule has 0 aliphatic heterocycles. The molecule has 0 fully saturated rings. The standard InChI is InChI=1S/C19H24N6/c1-14-15(2)22-18(17-6-8-20-9-7-17)23-19(14)24(4)11-5-12-25-13-10-21-16(25)3/h6-10,13H,5,11-12H2,1-4H3. The molecule has 0 atom stereocenters. The summed E-state index contributed by atoms with van der Waals surface area (Å²) in [6, 6.07) is 3.88.